The second-order valence-electron chi connectivity index (χ2n) is 5.10. The number of aryl methyl sites for hydroxylation is 1. The number of hydrogen-bond acceptors (Lipinski definition) is 7. The van der Waals surface area contributed by atoms with Crippen molar-refractivity contribution in [2.24, 2.45) is 7.05 Å². The second kappa shape index (κ2) is 5.60. The first-order valence-electron chi connectivity index (χ1n) is 7.13. The molecule has 0 fully saturated rings. The molecule has 0 aliphatic rings. The molecule has 0 aliphatic carbocycles. The largest absolute Gasteiger partial charge is 0.493 e. The zero-order valence-electron chi connectivity index (χ0n) is 13.3. The summed E-state index contributed by atoms with van der Waals surface area (Å²) < 4.78 is 14.1. The molecule has 0 bridgehead atoms. The Balaban J connectivity index is 1.80. The summed E-state index contributed by atoms with van der Waals surface area (Å²) >= 11 is 1.46. The molecule has 0 saturated carbocycles. The smallest absolute Gasteiger partial charge is 0.235 e. The summed E-state index contributed by atoms with van der Waals surface area (Å²) in [6.45, 7) is 0. The van der Waals surface area contributed by atoms with Gasteiger partial charge in [-0.1, -0.05) is 11.3 Å². The van der Waals surface area contributed by atoms with Crippen molar-refractivity contribution in [3.63, 3.8) is 0 Å². The molecule has 122 valence electrons. The highest BCUT2D eigenvalue weighted by atomic mass is 32.1. The minimum absolute atomic E-state index is 0.661. The molecule has 4 rings (SSSR count). The summed E-state index contributed by atoms with van der Waals surface area (Å²) in [6, 6.07) is 5.70. The van der Waals surface area contributed by atoms with Gasteiger partial charge in [0.25, 0.3) is 0 Å². The van der Waals surface area contributed by atoms with E-state index < -0.39 is 0 Å². The third-order valence-electron chi connectivity index (χ3n) is 3.58. The summed E-state index contributed by atoms with van der Waals surface area (Å²) in [5.74, 6) is 2.01. The van der Waals surface area contributed by atoms with Gasteiger partial charge in [-0.15, -0.1) is 10.2 Å². The van der Waals surface area contributed by atoms with Gasteiger partial charge in [0.05, 0.1) is 26.0 Å². The van der Waals surface area contributed by atoms with E-state index in [0.717, 1.165) is 21.1 Å². The van der Waals surface area contributed by atoms with Crippen LogP contribution in [-0.4, -0.2) is 43.8 Å². The van der Waals surface area contributed by atoms with Gasteiger partial charge in [-0.25, -0.2) is 0 Å². The first-order valence-corrected chi connectivity index (χ1v) is 7.95. The lowest BCUT2D eigenvalue weighted by Crippen LogP contribution is -1.92. The van der Waals surface area contributed by atoms with E-state index in [0.29, 0.717) is 17.3 Å². The lowest BCUT2D eigenvalue weighted by molar-refractivity contribution is 0.355. The average Bonchev–Trinajstić information content (AvgIpc) is 3.29. The molecule has 0 saturated heterocycles. The van der Waals surface area contributed by atoms with Gasteiger partial charge in [-0.3, -0.25) is 4.68 Å². The van der Waals surface area contributed by atoms with Crippen molar-refractivity contribution in [2.45, 2.75) is 0 Å². The Kier molecular flexibility index (Phi) is 3.42. The van der Waals surface area contributed by atoms with Gasteiger partial charge in [-0.05, 0) is 18.2 Å². The second-order valence-corrected chi connectivity index (χ2v) is 6.05. The monoisotopic (exact) mass is 342 g/mol. The normalized spacial score (nSPS) is 11.1. The molecule has 0 unspecified atom stereocenters. The van der Waals surface area contributed by atoms with Crippen LogP contribution in [0.1, 0.15) is 0 Å². The fourth-order valence-electron chi connectivity index (χ4n) is 2.42. The van der Waals surface area contributed by atoms with Gasteiger partial charge in [0, 0.05) is 18.8 Å². The van der Waals surface area contributed by atoms with Gasteiger partial charge in [0.2, 0.25) is 4.96 Å². The van der Waals surface area contributed by atoms with Crippen LogP contribution in [0, 0.1) is 0 Å². The predicted octanol–water partition coefficient (Wildman–Crippen LogP) is 2.27. The number of nitrogens with zero attached hydrogens (tertiary/aromatic N) is 6. The molecule has 3 heterocycles. The Labute approximate surface area is 141 Å². The van der Waals surface area contributed by atoms with Crippen LogP contribution in [0.25, 0.3) is 26.9 Å². The molecule has 3 aromatic heterocycles. The van der Waals surface area contributed by atoms with Crippen LogP contribution < -0.4 is 9.47 Å². The SMILES string of the molecule is COc1ccc(-c2nn3c(-c4cnn(C)c4)nnc3s2)cc1OC. The Morgan fingerprint density at radius 2 is 1.88 bits per heavy atom. The molecule has 0 atom stereocenters. The summed E-state index contributed by atoms with van der Waals surface area (Å²) in [5.41, 5.74) is 1.80. The number of aromatic nitrogens is 6. The van der Waals surface area contributed by atoms with Crippen molar-refractivity contribution < 1.29 is 9.47 Å². The van der Waals surface area contributed by atoms with Gasteiger partial charge in [0.15, 0.2) is 17.3 Å². The van der Waals surface area contributed by atoms with Crippen molar-refractivity contribution >= 4 is 16.3 Å². The van der Waals surface area contributed by atoms with E-state index in [4.69, 9.17) is 9.47 Å². The van der Waals surface area contributed by atoms with Crippen LogP contribution in [0.5, 0.6) is 11.5 Å². The number of benzene rings is 1. The first kappa shape index (κ1) is 14.6. The molecule has 0 spiro atoms. The molecule has 24 heavy (non-hydrogen) atoms. The number of ether oxygens (including phenoxy) is 2. The summed E-state index contributed by atoms with van der Waals surface area (Å²) in [4.78, 5) is 0.721. The van der Waals surface area contributed by atoms with Crippen LogP contribution in [-0.2, 0) is 7.05 Å². The minimum atomic E-state index is 0.661. The average molecular weight is 342 g/mol. The molecule has 4 aromatic rings. The maximum Gasteiger partial charge on any atom is 0.235 e. The van der Waals surface area contributed by atoms with Crippen molar-refractivity contribution in [1.29, 1.82) is 0 Å². The Bertz CT molecular complexity index is 1020. The van der Waals surface area contributed by atoms with Gasteiger partial charge in [0.1, 0.15) is 5.01 Å². The molecule has 1 aromatic carbocycles. The predicted molar refractivity (Wildman–Crippen MR) is 89.4 cm³/mol. The van der Waals surface area contributed by atoms with E-state index in [2.05, 4.69) is 20.4 Å². The van der Waals surface area contributed by atoms with Crippen LogP contribution >= 0.6 is 11.3 Å². The minimum Gasteiger partial charge on any atom is -0.493 e. The molecular weight excluding hydrogens is 328 g/mol. The van der Waals surface area contributed by atoms with E-state index in [1.165, 1.54) is 11.3 Å². The summed E-state index contributed by atoms with van der Waals surface area (Å²) in [7, 11) is 5.08. The third-order valence-corrected chi connectivity index (χ3v) is 4.53. The van der Waals surface area contributed by atoms with E-state index in [9.17, 15) is 0 Å². The number of rotatable bonds is 4. The molecule has 0 amide bonds. The zero-order valence-corrected chi connectivity index (χ0v) is 14.1. The summed E-state index contributed by atoms with van der Waals surface area (Å²) in [6.07, 6.45) is 3.62. The van der Waals surface area contributed by atoms with Gasteiger partial charge < -0.3 is 9.47 Å². The molecule has 0 N–H and O–H groups in total. The Hall–Kier alpha value is -2.94. The van der Waals surface area contributed by atoms with E-state index in [-0.39, 0.29) is 0 Å². The van der Waals surface area contributed by atoms with Crippen molar-refractivity contribution in [3.8, 4) is 33.5 Å². The third kappa shape index (κ3) is 2.29. The van der Waals surface area contributed by atoms with Crippen LogP contribution in [0.3, 0.4) is 0 Å². The van der Waals surface area contributed by atoms with Crippen molar-refractivity contribution in [3.05, 3.63) is 30.6 Å². The molecule has 9 heteroatoms. The maximum absolute atomic E-state index is 5.36. The highest BCUT2D eigenvalue weighted by molar-refractivity contribution is 7.19. The van der Waals surface area contributed by atoms with E-state index in [1.807, 2.05) is 31.4 Å². The number of methoxy groups -OCH3 is 2. The highest BCUT2D eigenvalue weighted by Gasteiger charge is 2.16. The first-order chi connectivity index (χ1) is 11.7. The Morgan fingerprint density at radius 1 is 1.04 bits per heavy atom. The zero-order chi connectivity index (χ0) is 16.7. The lowest BCUT2D eigenvalue weighted by atomic mass is 10.2. The maximum atomic E-state index is 5.36. The van der Waals surface area contributed by atoms with Crippen molar-refractivity contribution in [1.82, 2.24) is 29.6 Å². The fraction of sp³-hybridized carbons (Fsp3) is 0.200. The molecule has 0 radical (unpaired) electrons. The quantitative estimate of drug-likeness (QED) is 0.566. The summed E-state index contributed by atoms with van der Waals surface area (Å²) in [5, 5.41) is 18.0. The number of fused-ring (bicyclic) bond motifs is 1. The highest BCUT2D eigenvalue weighted by Crippen LogP contribution is 2.34. The number of hydrogen-bond donors (Lipinski definition) is 0. The van der Waals surface area contributed by atoms with E-state index in [1.54, 1.807) is 29.6 Å². The standard InChI is InChI=1S/C15H14N6O2S/c1-20-8-10(7-16-20)13-17-18-15-21(13)19-14(24-15)9-4-5-11(22-2)12(6-9)23-3/h4-8H,1-3H3. The van der Waals surface area contributed by atoms with E-state index >= 15 is 0 Å². The fourth-order valence-corrected chi connectivity index (χ4v) is 3.26. The van der Waals surface area contributed by atoms with Gasteiger partial charge >= 0.3 is 0 Å². The van der Waals surface area contributed by atoms with Gasteiger partial charge in [-0.2, -0.15) is 14.7 Å². The van der Waals surface area contributed by atoms with Crippen LogP contribution in [0.4, 0.5) is 0 Å². The Morgan fingerprint density at radius 3 is 2.58 bits per heavy atom. The molecule has 0 aliphatic heterocycles. The molecular formula is C15H14N6O2S. The van der Waals surface area contributed by atoms with Crippen LogP contribution in [0.15, 0.2) is 30.6 Å². The topological polar surface area (TPSA) is 79.4 Å². The molecule has 8 nitrogen and oxygen atoms in total. The van der Waals surface area contributed by atoms with Crippen molar-refractivity contribution in [2.75, 3.05) is 14.2 Å². The lowest BCUT2D eigenvalue weighted by Gasteiger charge is -2.07. The van der Waals surface area contributed by atoms with Crippen LogP contribution in [0.2, 0.25) is 0 Å².